The van der Waals surface area contributed by atoms with Gasteiger partial charge in [-0.2, -0.15) is 0 Å². The second kappa shape index (κ2) is 8.15. The van der Waals surface area contributed by atoms with Crippen LogP contribution in [-0.4, -0.2) is 24.4 Å². The van der Waals surface area contributed by atoms with E-state index in [-0.39, 0.29) is 16.0 Å². The summed E-state index contributed by atoms with van der Waals surface area (Å²) in [5, 5.41) is 2.42. The van der Waals surface area contributed by atoms with Crippen LogP contribution in [0.5, 0.6) is 0 Å². The molecule has 2 aromatic carbocycles. The molecule has 26 heavy (non-hydrogen) atoms. The molecule has 2 rings (SSSR count). The first-order valence-electron chi connectivity index (χ1n) is 8.05. The number of hydrogen-bond acceptors (Lipinski definition) is 4. The van der Waals surface area contributed by atoms with E-state index in [1.807, 2.05) is 12.1 Å². The standard InChI is InChI=1S/C20H20ClNO4/c1-20(2,3)14-10-8-13(9-11-14)18(24)22-17(23)12-26-19(25)15-6-4-5-7-16(15)21/h4-11H,12H2,1-3H3,(H,22,23,24). The summed E-state index contributed by atoms with van der Waals surface area (Å²) < 4.78 is 4.88. The highest BCUT2D eigenvalue weighted by Crippen LogP contribution is 2.22. The lowest BCUT2D eigenvalue weighted by molar-refractivity contribution is -0.123. The summed E-state index contributed by atoms with van der Waals surface area (Å²) in [7, 11) is 0. The molecule has 0 saturated heterocycles. The minimum Gasteiger partial charge on any atom is -0.452 e. The molecule has 0 bridgehead atoms. The second-order valence-corrected chi connectivity index (χ2v) is 7.17. The molecule has 2 amide bonds. The molecule has 0 aliphatic rings. The van der Waals surface area contributed by atoms with E-state index in [9.17, 15) is 14.4 Å². The summed E-state index contributed by atoms with van der Waals surface area (Å²) in [5.41, 5.74) is 1.56. The Bertz CT molecular complexity index is 822. The average Bonchev–Trinajstić information content (AvgIpc) is 2.59. The van der Waals surface area contributed by atoms with E-state index in [1.165, 1.54) is 6.07 Å². The Morgan fingerprint density at radius 3 is 2.19 bits per heavy atom. The second-order valence-electron chi connectivity index (χ2n) is 6.76. The van der Waals surface area contributed by atoms with Gasteiger partial charge in [-0.05, 0) is 35.2 Å². The van der Waals surface area contributed by atoms with Crippen molar-refractivity contribution in [1.82, 2.24) is 5.32 Å². The van der Waals surface area contributed by atoms with Crippen LogP contribution in [0.25, 0.3) is 0 Å². The van der Waals surface area contributed by atoms with Gasteiger partial charge in [-0.15, -0.1) is 0 Å². The number of nitrogens with one attached hydrogen (secondary N) is 1. The quantitative estimate of drug-likeness (QED) is 0.828. The zero-order chi connectivity index (χ0) is 19.3. The Labute approximate surface area is 157 Å². The van der Waals surface area contributed by atoms with E-state index in [4.69, 9.17) is 16.3 Å². The molecular formula is C20H20ClNO4. The summed E-state index contributed by atoms with van der Waals surface area (Å²) in [6, 6.07) is 13.3. The fraction of sp³-hybridized carbons (Fsp3) is 0.250. The average molecular weight is 374 g/mol. The number of benzene rings is 2. The van der Waals surface area contributed by atoms with Crippen molar-refractivity contribution in [2.24, 2.45) is 0 Å². The van der Waals surface area contributed by atoms with Gasteiger partial charge >= 0.3 is 5.97 Å². The van der Waals surface area contributed by atoms with Crippen LogP contribution in [0.2, 0.25) is 5.02 Å². The molecule has 0 fully saturated rings. The van der Waals surface area contributed by atoms with Gasteiger partial charge in [0.15, 0.2) is 6.61 Å². The van der Waals surface area contributed by atoms with E-state index in [0.29, 0.717) is 5.56 Å². The molecule has 0 spiro atoms. The molecule has 0 heterocycles. The highest BCUT2D eigenvalue weighted by molar-refractivity contribution is 6.33. The van der Waals surface area contributed by atoms with Gasteiger partial charge in [0, 0.05) is 5.56 Å². The Morgan fingerprint density at radius 2 is 1.62 bits per heavy atom. The maximum absolute atomic E-state index is 12.1. The number of carbonyl (C=O) groups excluding carboxylic acids is 3. The summed E-state index contributed by atoms with van der Waals surface area (Å²) in [4.78, 5) is 35.8. The number of ether oxygens (including phenoxy) is 1. The molecule has 0 atom stereocenters. The summed E-state index contributed by atoms with van der Waals surface area (Å²) in [6.45, 7) is 5.63. The van der Waals surface area contributed by atoms with Crippen molar-refractivity contribution in [3.8, 4) is 0 Å². The number of carbonyl (C=O) groups is 3. The number of esters is 1. The van der Waals surface area contributed by atoms with E-state index in [2.05, 4.69) is 26.1 Å². The van der Waals surface area contributed by atoms with Crippen molar-refractivity contribution in [1.29, 1.82) is 0 Å². The minimum absolute atomic E-state index is 0.0300. The molecule has 0 aliphatic carbocycles. The maximum Gasteiger partial charge on any atom is 0.340 e. The van der Waals surface area contributed by atoms with Gasteiger partial charge in [0.1, 0.15) is 0 Å². The van der Waals surface area contributed by atoms with Crippen molar-refractivity contribution < 1.29 is 19.1 Å². The minimum atomic E-state index is -0.729. The topological polar surface area (TPSA) is 72.5 Å². The van der Waals surface area contributed by atoms with Gasteiger partial charge in [-0.3, -0.25) is 14.9 Å². The molecule has 1 N–H and O–H groups in total. The third kappa shape index (κ3) is 5.17. The maximum atomic E-state index is 12.1. The third-order valence-electron chi connectivity index (χ3n) is 3.69. The molecular weight excluding hydrogens is 354 g/mol. The van der Waals surface area contributed by atoms with Crippen molar-refractivity contribution in [3.05, 3.63) is 70.2 Å². The van der Waals surface area contributed by atoms with Gasteiger partial charge in [0.25, 0.3) is 11.8 Å². The first-order valence-corrected chi connectivity index (χ1v) is 8.42. The van der Waals surface area contributed by atoms with E-state index >= 15 is 0 Å². The van der Waals surface area contributed by atoms with Crippen LogP contribution in [0.4, 0.5) is 0 Å². The predicted octanol–water partition coefficient (Wildman–Crippen LogP) is 3.75. The molecule has 0 saturated carbocycles. The monoisotopic (exact) mass is 373 g/mol. The zero-order valence-electron chi connectivity index (χ0n) is 14.8. The first kappa shape index (κ1) is 19.7. The molecule has 5 nitrogen and oxygen atoms in total. The Hall–Kier alpha value is -2.66. The van der Waals surface area contributed by atoms with E-state index in [1.54, 1.807) is 30.3 Å². The Balaban J connectivity index is 1.90. The fourth-order valence-corrected chi connectivity index (χ4v) is 2.40. The normalized spacial score (nSPS) is 10.9. The van der Waals surface area contributed by atoms with Crippen molar-refractivity contribution >= 4 is 29.4 Å². The Kier molecular flexibility index (Phi) is 6.16. The molecule has 0 aliphatic heterocycles. The first-order chi connectivity index (χ1) is 12.2. The van der Waals surface area contributed by atoms with Crippen LogP contribution in [0.15, 0.2) is 48.5 Å². The molecule has 0 radical (unpaired) electrons. The predicted molar refractivity (Wildman–Crippen MR) is 99.3 cm³/mol. The van der Waals surface area contributed by atoms with Crippen LogP contribution in [-0.2, 0) is 14.9 Å². The smallest absolute Gasteiger partial charge is 0.340 e. The molecule has 6 heteroatoms. The van der Waals surface area contributed by atoms with Gasteiger partial charge < -0.3 is 4.74 Å². The molecule has 0 unspecified atom stereocenters. The highest BCUT2D eigenvalue weighted by Gasteiger charge is 2.17. The lowest BCUT2D eigenvalue weighted by Crippen LogP contribution is -2.34. The van der Waals surface area contributed by atoms with Crippen LogP contribution in [0.1, 0.15) is 47.1 Å². The summed E-state index contributed by atoms with van der Waals surface area (Å²) in [6.07, 6.45) is 0. The van der Waals surface area contributed by atoms with Crippen LogP contribution in [0, 0.1) is 0 Å². The number of hydrogen-bond donors (Lipinski definition) is 1. The summed E-state index contributed by atoms with van der Waals surface area (Å²) in [5.74, 6) is -1.99. The lowest BCUT2D eigenvalue weighted by Gasteiger charge is -2.19. The van der Waals surface area contributed by atoms with Crippen LogP contribution < -0.4 is 5.32 Å². The SMILES string of the molecule is CC(C)(C)c1ccc(C(=O)NC(=O)COC(=O)c2ccccc2Cl)cc1. The third-order valence-corrected chi connectivity index (χ3v) is 4.02. The fourth-order valence-electron chi connectivity index (χ4n) is 2.19. The number of imide groups is 1. The van der Waals surface area contributed by atoms with Gasteiger partial charge in [0.2, 0.25) is 0 Å². The van der Waals surface area contributed by atoms with Gasteiger partial charge in [-0.25, -0.2) is 4.79 Å². The highest BCUT2D eigenvalue weighted by atomic mass is 35.5. The number of rotatable bonds is 4. The number of amides is 2. The van der Waals surface area contributed by atoms with Crippen LogP contribution in [0.3, 0.4) is 0 Å². The van der Waals surface area contributed by atoms with E-state index < -0.39 is 24.4 Å². The number of halogens is 1. The Morgan fingerprint density at radius 1 is 1.00 bits per heavy atom. The molecule has 0 aromatic heterocycles. The van der Waals surface area contributed by atoms with Crippen molar-refractivity contribution in [3.63, 3.8) is 0 Å². The zero-order valence-corrected chi connectivity index (χ0v) is 15.6. The summed E-state index contributed by atoms with van der Waals surface area (Å²) >= 11 is 5.89. The van der Waals surface area contributed by atoms with Crippen molar-refractivity contribution in [2.75, 3.05) is 6.61 Å². The lowest BCUT2D eigenvalue weighted by atomic mass is 9.87. The molecule has 136 valence electrons. The molecule has 2 aromatic rings. The van der Waals surface area contributed by atoms with E-state index in [0.717, 1.165) is 5.56 Å². The van der Waals surface area contributed by atoms with Crippen LogP contribution >= 0.6 is 11.6 Å². The largest absolute Gasteiger partial charge is 0.452 e. The van der Waals surface area contributed by atoms with Crippen molar-refractivity contribution in [2.45, 2.75) is 26.2 Å². The van der Waals surface area contributed by atoms with Gasteiger partial charge in [-0.1, -0.05) is 56.6 Å². The van der Waals surface area contributed by atoms with Gasteiger partial charge in [0.05, 0.1) is 10.6 Å².